The fourth-order valence-electron chi connectivity index (χ4n) is 6.25. The van der Waals surface area contributed by atoms with E-state index in [4.69, 9.17) is 4.74 Å². The molecule has 2 amide bonds. The number of nitrogens with one attached hydrogen (secondary N) is 1. The summed E-state index contributed by atoms with van der Waals surface area (Å²) in [6.45, 7) is 5.55. The number of benzene rings is 1. The summed E-state index contributed by atoms with van der Waals surface area (Å²) < 4.78 is 52.4. The molecule has 0 saturated carbocycles. The second-order valence-electron chi connectivity index (χ2n) is 13.5. The molecule has 16 heteroatoms. The van der Waals surface area contributed by atoms with Crippen molar-refractivity contribution in [3.05, 3.63) is 64.2 Å². The SMILES string of the molecule is CC(C)(C)OC(=O)NC1Cc2ccc(-c3snc4c(=O)n(CC5(O)CCN(C(=O)CC(C(F)F)n6ccc(F)n6)CC5)cnc34)cc2C1. The van der Waals surface area contributed by atoms with Gasteiger partial charge in [0.2, 0.25) is 11.9 Å². The lowest BCUT2D eigenvalue weighted by Crippen LogP contribution is -2.50. The van der Waals surface area contributed by atoms with Crippen molar-refractivity contribution in [1.29, 1.82) is 0 Å². The van der Waals surface area contributed by atoms with Crippen LogP contribution in [0.15, 0.2) is 41.6 Å². The number of ether oxygens (including phenoxy) is 1. The number of likely N-dealkylation sites (tertiary alicyclic amines) is 1. The van der Waals surface area contributed by atoms with E-state index in [-0.39, 0.29) is 44.0 Å². The molecule has 256 valence electrons. The number of alkyl carbamates (subject to hydrolysis) is 1. The summed E-state index contributed by atoms with van der Waals surface area (Å²) >= 11 is 1.15. The van der Waals surface area contributed by atoms with Crippen LogP contribution in [0.25, 0.3) is 21.5 Å². The van der Waals surface area contributed by atoms with E-state index in [1.165, 1.54) is 15.8 Å². The Hall–Kier alpha value is -4.31. The molecular formula is C32H36F3N7O5S. The standard InChI is InChI=1S/C32H36F3N7O5S/c1-31(2,3)47-30(45)37-21-13-18-4-5-19(12-20(18)14-21)27-25-26(39-48-27)29(44)41(17-36-25)16-32(46)7-10-40(11-8-32)24(43)15-22(28(34)35)42-9-6-23(33)38-42/h4-6,9,12,17,21-22,28,46H,7-8,10-11,13-16H2,1-3H3,(H,37,45). The van der Waals surface area contributed by atoms with Crippen LogP contribution in [0.1, 0.15) is 57.2 Å². The molecule has 2 atom stereocenters. The molecule has 0 spiro atoms. The summed E-state index contributed by atoms with van der Waals surface area (Å²) in [6, 6.07) is 5.22. The number of amides is 2. The summed E-state index contributed by atoms with van der Waals surface area (Å²) in [6.07, 6.45) is 0.0219. The maximum absolute atomic E-state index is 13.6. The molecule has 3 aromatic heterocycles. The van der Waals surface area contributed by atoms with Crippen molar-refractivity contribution in [1.82, 2.24) is 33.9 Å². The van der Waals surface area contributed by atoms with Crippen LogP contribution >= 0.6 is 11.5 Å². The Labute approximate surface area is 277 Å². The minimum atomic E-state index is -2.93. The number of halogens is 3. The zero-order valence-corrected chi connectivity index (χ0v) is 27.5. The minimum absolute atomic E-state index is 0.0826. The number of carbonyl (C=O) groups excluding carboxylic acids is 2. The molecule has 0 radical (unpaired) electrons. The predicted octanol–water partition coefficient (Wildman–Crippen LogP) is 4.10. The fourth-order valence-corrected chi connectivity index (χ4v) is 7.07. The topological polar surface area (TPSA) is 144 Å². The third kappa shape index (κ3) is 7.23. The lowest BCUT2D eigenvalue weighted by atomic mass is 9.91. The molecule has 1 fully saturated rings. The molecule has 2 N–H and O–H groups in total. The molecule has 1 saturated heterocycles. The van der Waals surface area contributed by atoms with Crippen molar-refractivity contribution < 1.29 is 32.6 Å². The maximum Gasteiger partial charge on any atom is 0.407 e. The highest BCUT2D eigenvalue weighted by Crippen LogP contribution is 2.34. The molecule has 1 aromatic carbocycles. The van der Waals surface area contributed by atoms with E-state index < -0.39 is 53.6 Å². The van der Waals surface area contributed by atoms with Gasteiger partial charge in [0.05, 0.1) is 29.8 Å². The van der Waals surface area contributed by atoms with Crippen LogP contribution in [0.2, 0.25) is 0 Å². The van der Waals surface area contributed by atoms with E-state index in [0.717, 1.165) is 50.0 Å². The van der Waals surface area contributed by atoms with E-state index >= 15 is 0 Å². The average Bonchev–Trinajstić information content (AvgIpc) is 3.74. The maximum atomic E-state index is 13.6. The Kier molecular flexibility index (Phi) is 9.06. The number of aromatic nitrogens is 5. The molecule has 0 bridgehead atoms. The normalized spacial score (nSPS) is 18.2. The van der Waals surface area contributed by atoms with Gasteiger partial charge in [-0.25, -0.2) is 18.6 Å². The van der Waals surface area contributed by atoms with Crippen LogP contribution < -0.4 is 10.9 Å². The van der Waals surface area contributed by atoms with E-state index in [2.05, 4.69) is 19.8 Å². The Balaban J connectivity index is 1.10. The van der Waals surface area contributed by atoms with Crippen molar-refractivity contribution in [2.24, 2.45) is 0 Å². The van der Waals surface area contributed by atoms with Crippen LogP contribution in [-0.4, -0.2) is 82.5 Å². The van der Waals surface area contributed by atoms with Gasteiger partial charge in [0, 0.05) is 31.4 Å². The van der Waals surface area contributed by atoms with Gasteiger partial charge in [-0.15, -0.1) is 5.10 Å². The monoisotopic (exact) mass is 687 g/mol. The first-order chi connectivity index (χ1) is 22.7. The lowest BCUT2D eigenvalue weighted by molar-refractivity contribution is -0.138. The summed E-state index contributed by atoms with van der Waals surface area (Å²) in [7, 11) is 0. The van der Waals surface area contributed by atoms with E-state index in [0.29, 0.717) is 18.4 Å². The zero-order chi connectivity index (χ0) is 34.4. The van der Waals surface area contributed by atoms with E-state index in [9.17, 15) is 32.7 Å². The van der Waals surface area contributed by atoms with E-state index in [1.807, 2.05) is 39.0 Å². The molecule has 2 aliphatic rings. The van der Waals surface area contributed by atoms with Crippen molar-refractivity contribution in [3.63, 3.8) is 0 Å². The fraction of sp³-hybridized carbons (Fsp3) is 0.500. The number of rotatable bonds is 8. The van der Waals surface area contributed by atoms with Gasteiger partial charge in [-0.2, -0.15) is 8.76 Å². The van der Waals surface area contributed by atoms with Gasteiger partial charge in [-0.1, -0.05) is 12.1 Å². The summed E-state index contributed by atoms with van der Waals surface area (Å²) in [5, 5.41) is 17.6. The number of hydrogen-bond acceptors (Lipinski definition) is 9. The Morgan fingerprint density at radius 2 is 1.88 bits per heavy atom. The van der Waals surface area contributed by atoms with Crippen molar-refractivity contribution >= 4 is 34.6 Å². The highest BCUT2D eigenvalue weighted by atomic mass is 32.1. The molecule has 1 aliphatic carbocycles. The average molecular weight is 688 g/mol. The Bertz CT molecular complexity index is 1890. The van der Waals surface area contributed by atoms with Crippen molar-refractivity contribution in [3.8, 4) is 10.4 Å². The third-order valence-electron chi connectivity index (χ3n) is 8.68. The second-order valence-corrected chi connectivity index (χ2v) is 14.2. The second kappa shape index (κ2) is 13.0. The van der Waals surface area contributed by atoms with E-state index in [1.54, 1.807) is 0 Å². The third-order valence-corrected chi connectivity index (χ3v) is 9.57. The number of fused-ring (bicyclic) bond motifs is 2. The lowest BCUT2D eigenvalue weighted by Gasteiger charge is -2.38. The molecule has 6 rings (SSSR count). The van der Waals surface area contributed by atoms with Gasteiger partial charge in [-0.3, -0.25) is 18.8 Å². The first kappa shape index (κ1) is 33.6. The largest absolute Gasteiger partial charge is 0.444 e. The van der Waals surface area contributed by atoms with Crippen molar-refractivity contribution in [2.75, 3.05) is 13.1 Å². The van der Waals surface area contributed by atoms with Gasteiger partial charge in [-0.05, 0) is 80.7 Å². The van der Waals surface area contributed by atoms with Crippen LogP contribution in [0.3, 0.4) is 0 Å². The highest BCUT2D eigenvalue weighted by Gasteiger charge is 2.37. The van der Waals surface area contributed by atoms with Crippen LogP contribution in [0, 0.1) is 5.95 Å². The summed E-state index contributed by atoms with van der Waals surface area (Å²) in [5.74, 6) is -1.48. The summed E-state index contributed by atoms with van der Waals surface area (Å²) in [4.78, 5) is 45.2. The predicted molar refractivity (Wildman–Crippen MR) is 170 cm³/mol. The quantitative estimate of drug-likeness (QED) is 0.282. The van der Waals surface area contributed by atoms with Gasteiger partial charge >= 0.3 is 6.09 Å². The molecule has 2 unspecified atom stereocenters. The van der Waals surface area contributed by atoms with Gasteiger partial charge < -0.3 is 20.1 Å². The van der Waals surface area contributed by atoms with Gasteiger partial charge in [0.15, 0.2) is 5.52 Å². The van der Waals surface area contributed by atoms with Crippen LogP contribution in [0.5, 0.6) is 0 Å². The first-order valence-electron chi connectivity index (χ1n) is 15.6. The smallest absolute Gasteiger partial charge is 0.407 e. The van der Waals surface area contributed by atoms with Crippen molar-refractivity contribution in [2.45, 2.75) is 89.1 Å². The number of piperidine rings is 1. The number of alkyl halides is 2. The number of carbonyl (C=O) groups is 2. The van der Waals surface area contributed by atoms with Gasteiger partial charge in [0.1, 0.15) is 17.2 Å². The Morgan fingerprint density at radius 3 is 2.54 bits per heavy atom. The molecule has 4 heterocycles. The molecular weight excluding hydrogens is 651 g/mol. The first-order valence-corrected chi connectivity index (χ1v) is 16.4. The summed E-state index contributed by atoms with van der Waals surface area (Å²) in [5.41, 5.74) is 1.32. The molecule has 1 aliphatic heterocycles. The molecule has 12 nitrogen and oxygen atoms in total. The minimum Gasteiger partial charge on any atom is -0.444 e. The number of nitrogens with zero attached hydrogens (tertiary/aromatic N) is 6. The van der Waals surface area contributed by atoms with Gasteiger partial charge in [0.25, 0.3) is 12.0 Å². The van der Waals surface area contributed by atoms with Crippen LogP contribution in [-0.2, 0) is 28.9 Å². The highest BCUT2D eigenvalue weighted by molar-refractivity contribution is 7.11. The molecule has 48 heavy (non-hydrogen) atoms. The Morgan fingerprint density at radius 1 is 1.15 bits per heavy atom. The van der Waals surface area contributed by atoms with Crippen LogP contribution in [0.4, 0.5) is 18.0 Å². The number of hydrogen-bond donors (Lipinski definition) is 2. The zero-order valence-electron chi connectivity index (χ0n) is 26.7. The molecule has 4 aromatic rings. The number of aliphatic hydroxyl groups is 1.